The van der Waals surface area contributed by atoms with E-state index >= 15 is 0 Å². The maximum atomic E-state index is 3.51. The van der Waals surface area contributed by atoms with Gasteiger partial charge in [0.2, 0.25) is 0 Å². The summed E-state index contributed by atoms with van der Waals surface area (Å²) in [4.78, 5) is 2.23. The van der Waals surface area contributed by atoms with Crippen LogP contribution in [0.25, 0.3) is 0 Å². The monoisotopic (exact) mass is 220 g/mol. The number of hydrogen-bond donors (Lipinski definition) is 1. The van der Waals surface area contributed by atoms with Gasteiger partial charge in [0.05, 0.1) is 0 Å². The van der Waals surface area contributed by atoms with E-state index in [9.17, 15) is 0 Å². The van der Waals surface area contributed by atoms with Gasteiger partial charge in [0.25, 0.3) is 0 Å². The van der Waals surface area contributed by atoms with Crippen LogP contribution in [-0.2, 0) is 6.54 Å². The van der Waals surface area contributed by atoms with E-state index in [1.165, 1.54) is 16.7 Å². The van der Waals surface area contributed by atoms with Crippen molar-refractivity contribution >= 4 is 0 Å². The molecule has 1 unspecified atom stereocenters. The molecule has 0 aromatic heterocycles. The van der Waals surface area contributed by atoms with Crippen molar-refractivity contribution in [3.05, 3.63) is 34.9 Å². The van der Waals surface area contributed by atoms with Crippen LogP contribution in [0.2, 0.25) is 0 Å². The molecule has 0 saturated carbocycles. The molecule has 0 amide bonds. The summed E-state index contributed by atoms with van der Waals surface area (Å²) in [5.74, 6) is 0. The first kappa shape index (κ1) is 13.2. The Hall–Kier alpha value is -0.860. The highest BCUT2D eigenvalue weighted by atomic mass is 15.1. The lowest BCUT2D eigenvalue weighted by molar-refractivity contribution is 0.302. The fourth-order valence-electron chi connectivity index (χ4n) is 1.60. The van der Waals surface area contributed by atoms with Crippen molar-refractivity contribution in [1.82, 2.24) is 10.2 Å². The Balaban J connectivity index is 2.46. The first-order valence-corrected chi connectivity index (χ1v) is 5.94. The lowest BCUT2D eigenvalue weighted by Crippen LogP contribution is -2.35. The first-order valence-electron chi connectivity index (χ1n) is 5.94. The van der Waals surface area contributed by atoms with E-state index in [-0.39, 0.29) is 0 Å². The van der Waals surface area contributed by atoms with Crippen molar-refractivity contribution in [3.8, 4) is 0 Å². The molecule has 1 aromatic carbocycles. The molecule has 2 heteroatoms. The van der Waals surface area contributed by atoms with Gasteiger partial charge in [-0.25, -0.2) is 0 Å². The normalized spacial score (nSPS) is 13.1. The molecular formula is C14H24N2. The molecule has 0 heterocycles. The molecule has 1 atom stereocenters. The Bertz CT molecular complexity index is 332. The Morgan fingerprint density at radius 1 is 1.25 bits per heavy atom. The van der Waals surface area contributed by atoms with Gasteiger partial charge < -0.3 is 10.2 Å². The molecule has 1 rings (SSSR count). The predicted octanol–water partition coefficient (Wildman–Crippen LogP) is 2.34. The summed E-state index contributed by atoms with van der Waals surface area (Å²) in [5.41, 5.74) is 4.19. The van der Waals surface area contributed by atoms with Gasteiger partial charge in [-0.2, -0.15) is 0 Å². The van der Waals surface area contributed by atoms with Crippen LogP contribution in [0, 0.1) is 13.8 Å². The van der Waals surface area contributed by atoms with Crippen molar-refractivity contribution in [3.63, 3.8) is 0 Å². The van der Waals surface area contributed by atoms with Crippen LogP contribution in [0.4, 0.5) is 0 Å². The summed E-state index contributed by atoms with van der Waals surface area (Å²) in [6, 6.07) is 7.08. The minimum Gasteiger partial charge on any atom is -0.311 e. The summed E-state index contributed by atoms with van der Waals surface area (Å²) >= 11 is 0. The average molecular weight is 220 g/mol. The molecule has 90 valence electrons. The number of rotatable bonds is 5. The highest BCUT2D eigenvalue weighted by molar-refractivity contribution is 5.32. The Kier molecular flexibility index (Phi) is 4.97. The molecule has 0 spiro atoms. The highest BCUT2D eigenvalue weighted by Crippen LogP contribution is 2.12. The van der Waals surface area contributed by atoms with E-state index in [2.05, 4.69) is 63.3 Å². The minimum atomic E-state index is 0.574. The van der Waals surface area contributed by atoms with Gasteiger partial charge in [-0.3, -0.25) is 0 Å². The van der Waals surface area contributed by atoms with E-state index < -0.39 is 0 Å². The Morgan fingerprint density at radius 2 is 1.94 bits per heavy atom. The highest BCUT2D eigenvalue weighted by Gasteiger charge is 2.04. The fourth-order valence-corrected chi connectivity index (χ4v) is 1.60. The maximum Gasteiger partial charge on any atom is 0.0208 e. The zero-order valence-electron chi connectivity index (χ0n) is 11.2. The largest absolute Gasteiger partial charge is 0.311 e. The van der Waals surface area contributed by atoms with Gasteiger partial charge in [-0.15, -0.1) is 0 Å². The third-order valence-electron chi connectivity index (χ3n) is 3.35. The number of benzene rings is 1. The van der Waals surface area contributed by atoms with E-state index in [0.717, 1.165) is 13.1 Å². The fraction of sp³-hybridized carbons (Fsp3) is 0.571. The third-order valence-corrected chi connectivity index (χ3v) is 3.35. The second-order valence-corrected chi connectivity index (χ2v) is 4.80. The predicted molar refractivity (Wildman–Crippen MR) is 70.8 cm³/mol. The molecule has 0 aliphatic carbocycles. The average Bonchev–Trinajstić information content (AvgIpc) is 2.24. The zero-order valence-corrected chi connectivity index (χ0v) is 11.2. The molecular weight excluding hydrogens is 196 g/mol. The van der Waals surface area contributed by atoms with Crippen molar-refractivity contribution in [1.29, 1.82) is 0 Å². The maximum absolute atomic E-state index is 3.51. The molecule has 0 aliphatic heterocycles. The number of aryl methyl sites for hydroxylation is 1. The topological polar surface area (TPSA) is 15.3 Å². The molecule has 0 saturated heterocycles. The smallest absolute Gasteiger partial charge is 0.0208 e. The summed E-state index contributed by atoms with van der Waals surface area (Å²) in [7, 11) is 4.23. The van der Waals surface area contributed by atoms with Crippen molar-refractivity contribution in [2.75, 3.05) is 20.6 Å². The molecule has 0 bridgehead atoms. The van der Waals surface area contributed by atoms with Crippen LogP contribution in [0.5, 0.6) is 0 Å². The van der Waals surface area contributed by atoms with Crippen molar-refractivity contribution in [2.45, 2.75) is 33.4 Å². The van der Waals surface area contributed by atoms with Crippen molar-refractivity contribution in [2.24, 2.45) is 0 Å². The molecule has 0 aliphatic rings. The van der Waals surface area contributed by atoms with Gasteiger partial charge in [-0.1, -0.05) is 18.2 Å². The molecule has 0 fully saturated rings. The summed E-state index contributed by atoms with van der Waals surface area (Å²) in [6.45, 7) is 8.59. The van der Waals surface area contributed by atoms with Crippen LogP contribution in [0.15, 0.2) is 18.2 Å². The molecule has 2 nitrogen and oxygen atoms in total. The second kappa shape index (κ2) is 6.02. The lowest BCUT2D eigenvalue weighted by Gasteiger charge is -2.20. The van der Waals surface area contributed by atoms with Crippen LogP contribution >= 0.6 is 0 Å². The summed E-state index contributed by atoms with van der Waals surface area (Å²) in [5, 5.41) is 3.51. The number of hydrogen-bond acceptors (Lipinski definition) is 2. The molecule has 1 N–H and O–H groups in total. The van der Waals surface area contributed by atoms with E-state index in [1.807, 2.05) is 0 Å². The zero-order chi connectivity index (χ0) is 12.1. The van der Waals surface area contributed by atoms with Crippen LogP contribution in [-0.4, -0.2) is 31.6 Å². The Labute approximate surface area is 99.7 Å². The van der Waals surface area contributed by atoms with Gasteiger partial charge in [-0.05, 0) is 51.6 Å². The van der Waals surface area contributed by atoms with Gasteiger partial charge >= 0.3 is 0 Å². The van der Waals surface area contributed by atoms with Crippen LogP contribution in [0.1, 0.15) is 23.6 Å². The molecule has 0 radical (unpaired) electrons. The van der Waals surface area contributed by atoms with E-state index in [0.29, 0.717) is 6.04 Å². The number of nitrogens with zero attached hydrogens (tertiary/aromatic N) is 1. The van der Waals surface area contributed by atoms with Crippen LogP contribution in [0.3, 0.4) is 0 Å². The van der Waals surface area contributed by atoms with Gasteiger partial charge in [0.1, 0.15) is 0 Å². The van der Waals surface area contributed by atoms with Gasteiger partial charge in [0, 0.05) is 19.1 Å². The van der Waals surface area contributed by atoms with E-state index in [1.54, 1.807) is 0 Å². The lowest BCUT2D eigenvalue weighted by atomic mass is 10.0. The number of nitrogens with one attached hydrogen (secondary N) is 1. The summed E-state index contributed by atoms with van der Waals surface area (Å²) in [6.07, 6.45) is 0. The quantitative estimate of drug-likeness (QED) is 0.819. The van der Waals surface area contributed by atoms with E-state index in [4.69, 9.17) is 0 Å². The van der Waals surface area contributed by atoms with Crippen molar-refractivity contribution < 1.29 is 0 Å². The van der Waals surface area contributed by atoms with Gasteiger partial charge in [0.15, 0.2) is 0 Å². The SMILES string of the molecule is Cc1cccc(CNCC(C)N(C)C)c1C. The molecule has 1 aromatic rings. The Morgan fingerprint density at radius 3 is 2.56 bits per heavy atom. The third kappa shape index (κ3) is 3.62. The minimum absolute atomic E-state index is 0.574. The first-order chi connectivity index (χ1) is 7.52. The van der Waals surface area contributed by atoms with Crippen LogP contribution < -0.4 is 5.32 Å². The summed E-state index contributed by atoms with van der Waals surface area (Å²) < 4.78 is 0. The second-order valence-electron chi connectivity index (χ2n) is 4.80. The number of likely N-dealkylation sites (N-methyl/N-ethyl adjacent to an activating group) is 1. The standard InChI is InChI=1S/C14H24N2/c1-11-7-6-8-14(13(11)3)10-15-9-12(2)16(4)5/h6-8,12,15H,9-10H2,1-5H3. The molecule has 16 heavy (non-hydrogen) atoms.